The van der Waals surface area contributed by atoms with Crippen LogP contribution in [0.4, 0.5) is 0 Å². The number of hydrogen-bond acceptors (Lipinski definition) is 3. The van der Waals surface area contributed by atoms with Crippen molar-refractivity contribution in [3.8, 4) is 0 Å². The summed E-state index contributed by atoms with van der Waals surface area (Å²) in [5, 5.41) is 3.54. The molecule has 0 bridgehead atoms. The van der Waals surface area contributed by atoms with Gasteiger partial charge in [-0.3, -0.25) is 0 Å². The predicted molar refractivity (Wildman–Crippen MR) is 81.3 cm³/mol. The molecule has 1 fully saturated rings. The number of aryl methyl sites for hydroxylation is 1. The summed E-state index contributed by atoms with van der Waals surface area (Å²) in [6, 6.07) is 2.24. The average Bonchev–Trinajstić information content (AvgIpc) is 2.70. The van der Waals surface area contributed by atoms with Crippen molar-refractivity contribution in [1.29, 1.82) is 0 Å². The first-order chi connectivity index (χ1) is 8.72. The number of nitrogens with one attached hydrogen (secondary N) is 1. The topological polar surface area (TPSA) is 21.3 Å². The first kappa shape index (κ1) is 14.5. The highest BCUT2D eigenvalue weighted by Gasteiger charge is 2.28. The van der Waals surface area contributed by atoms with E-state index >= 15 is 0 Å². The molecule has 0 aliphatic carbocycles. The Morgan fingerprint density at radius 2 is 2.39 bits per heavy atom. The highest BCUT2D eigenvalue weighted by molar-refractivity contribution is 9.10. The van der Waals surface area contributed by atoms with Gasteiger partial charge in [0.2, 0.25) is 0 Å². The maximum atomic E-state index is 6.03. The monoisotopic (exact) mass is 331 g/mol. The van der Waals surface area contributed by atoms with E-state index in [1.807, 2.05) is 11.3 Å². The third kappa shape index (κ3) is 3.56. The summed E-state index contributed by atoms with van der Waals surface area (Å²) in [6.07, 6.45) is 3.95. The fourth-order valence-corrected chi connectivity index (χ4v) is 4.16. The Kier molecular flexibility index (Phi) is 5.67. The predicted octanol–water partition coefficient (Wildman–Crippen LogP) is 4.29. The molecule has 0 spiro atoms. The van der Waals surface area contributed by atoms with Crippen LogP contribution in [0, 0.1) is 12.8 Å². The summed E-state index contributed by atoms with van der Waals surface area (Å²) < 4.78 is 7.24. The van der Waals surface area contributed by atoms with Crippen molar-refractivity contribution in [2.45, 2.75) is 39.2 Å². The molecule has 0 radical (unpaired) electrons. The van der Waals surface area contributed by atoms with Crippen LogP contribution in [0.15, 0.2) is 10.5 Å². The molecule has 0 aromatic carbocycles. The van der Waals surface area contributed by atoms with Crippen molar-refractivity contribution in [1.82, 2.24) is 5.32 Å². The minimum absolute atomic E-state index is 0.290. The third-order valence-electron chi connectivity index (χ3n) is 3.43. The molecule has 2 rings (SSSR count). The Balaban J connectivity index is 2.02. The van der Waals surface area contributed by atoms with Crippen molar-refractivity contribution in [3.63, 3.8) is 0 Å². The number of hydrogen-bond donors (Lipinski definition) is 1. The number of rotatable bonds is 5. The standard InChI is InChI=1S/C14H22BrNOS/c1-3-6-16-9-11-5-4-7-17-14(11)13-8-12(15)10(2)18-13/h8,11,14,16H,3-7,9H2,1-2H3. The van der Waals surface area contributed by atoms with E-state index in [-0.39, 0.29) is 6.10 Å². The molecule has 1 aromatic heterocycles. The van der Waals surface area contributed by atoms with Crippen LogP contribution in [0.2, 0.25) is 0 Å². The second kappa shape index (κ2) is 7.04. The first-order valence-corrected chi connectivity index (χ1v) is 8.41. The summed E-state index contributed by atoms with van der Waals surface area (Å²) in [5.74, 6) is 0.621. The third-order valence-corrected chi connectivity index (χ3v) is 5.63. The first-order valence-electron chi connectivity index (χ1n) is 6.80. The lowest BCUT2D eigenvalue weighted by molar-refractivity contribution is -0.0255. The molecule has 4 heteroatoms. The van der Waals surface area contributed by atoms with Crippen LogP contribution in [0.25, 0.3) is 0 Å². The Bertz CT molecular complexity index is 360. The number of thiophene rings is 1. The van der Waals surface area contributed by atoms with Crippen molar-refractivity contribution in [3.05, 3.63) is 20.3 Å². The number of halogens is 1. The molecule has 2 atom stereocenters. The quantitative estimate of drug-likeness (QED) is 0.813. The van der Waals surface area contributed by atoms with E-state index in [0.29, 0.717) is 5.92 Å². The van der Waals surface area contributed by atoms with E-state index < -0.39 is 0 Å². The molecule has 0 amide bonds. The molecule has 102 valence electrons. The van der Waals surface area contributed by atoms with Crippen LogP contribution in [-0.4, -0.2) is 19.7 Å². The van der Waals surface area contributed by atoms with Crippen molar-refractivity contribution < 1.29 is 4.74 Å². The van der Waals surface area contributed by atoms with Gasteiger partial charge < -0.3 is 10.1 Å². The zero-order valence-corrected chi connectivity index (χ0v) is 13.6. The summed E-state index contributed by atoms with van der Waals surface area (Å²) >= 11 is 5.47. The summed E-state index contributed by atoms with van der Waals surface area (Å²) in [4.78, 5) is 2.72. The Morgan fingerprint density at radius 1 is 1.56 bits per heavy atom. The smallest absolute Gasteiger partial charge is 0.0957 e. The Hall–Kier alpha value is 0.1000. The van der Waals surface area contributed by atoms with Gasteiger partial charge in [-0.25, -0.2) is 0 Å². The molecule has 18 heavy (non-hydrogen) atoms. The minimum Gasteiger partial charge on any atom is -0.372 e. The molecule has 0 saturated carbocycles. The van der Waals surface area contributed by atoms with E-state index in [0.717, 1.165) is 19.7 Å². The minimum atomic E-state index is 0.290. The Labute approximate surface area is 122 Å². The average molecular weight is 332 g/mol. The van der Waals surface area contributed by atoms with Gasteiger partial charge in [-0.2, -0.15) is 0 Å². The lowest BCUT2D eigenvalue weighted by Crippen LogP contribution is -2.31. The highest BCUT2D eigenvalue weighted by Crippen LogP contribution is 2.39. The lowest BCUT2D eigenvalue weighted by atomic mass is 9.93. The Morgan fingerprint density at radius 3 is 3.06 bits per heavy atom. The van der Waals surface area contributed by atoms with Gasteiger partial charge in [0.25, 0.3) is 0 Å². The van der Waals surface area contributed by atoms with E-state index in [4.69, 9.17) is 4.74 Å². The van der Waals surface area contributed by atoms with Crippen LogP contribution < -0.4 is 5.32 Å². The molecule has 2 nitrogen and oxygen atoms in total. The molecule has 1 saturated heterocycles. The van der Waals surface area contributed by atoms with Crippen LogP contribution in [0.5, 0.6) is 0 Å². The normalized spacial score (nSPS) is 24.4. The fourth-order valence-electron chi connectivity index (χ4n) is 2.45. The fraction of sp³-hybridized carbons (Fsp3) is 0.714. The van der Waals surface area contributed by atoms with Crippen molar-refractivity contribution in [2.24, 2.45) is 5.92 Å². The summed E-state index contributed by atoms with van der Waals surface area (Å²) in [5.41, 5.74) is 0. The zero-order chi connectivity index (χ0) is 13.0. The molecule has 1 N–H and O–H groups in total. The molecule has 1 aliphatic heterocycles. The molecule has 1 aliphatic rings. The molecule has 2 heterocycles. The second-order valence-corrected chi connectivity index (χ2v) is 7.09. The second-order valence-electron chi connectivity index (χ2n) is 4.95. The van der Waals surface area contributed by atoms with Gasteiger partial charge in [-0.1, -0.05) is 6.92 Å². The van der Waals surface area contributed by atoms with Crippen molar-refractivity contribution >= 4 is 27.3 Å². The van der Waals surface area contributed by atoms with Crippen LogP contribution in [-0.2, 0) is 4.74 Å². The van der Waals surface area contributed by atoms with Gasteiger partial charge in [0.1, 0.15) is 0 Å². The van der Waals surface area contributed by atoms with Crippen LogP contribution in [0.1, 0.15) is 42.0 Å². The lowest BCUT2D eigenvalue weighted by Gasteiger charge is -2.31. The van der Waals surface area contributed by atoms with Gasteiger partial charge in [0.15, 0.2) is 0 Å². The van der Waals surface area contributed by atoms with E-state index in [1.165, 1.54) is 33.5 Å². The number of ether oxygens (including phenoxy) is 1. The molecule has 2 unspecified atom stereocenters. The highest BCUT2D eigenvalue weighted by atomic mass is 79.9. The molecular formula is C14H22BrNOS. The van der Waals surface area contributed by atoms with Gasteiger partial charge in [-0.05, 0) is 54.7 Å². The van der Waals surface area contributed by atoms with Gasteiger partial charge in [0, 0.05) is 33.3 Å². The van der Waals surface area contributed by atoms with E-state index in [1.54, 1.807) is 0 Å². The summed E-state index contributed by atoms with van der Waals surface area (Å²) in [7, 11) is 0. The SMILES string of the molecule is CCCNCC1CCCOC1c1cc(Br)c(C)s1. The maximum Gasteiger partial charge on any atom is 0.0957 e. The largest absolute Gasteiger partial charge is 0.372 e. The van der Waals surface area contributed by atoms with Crippen molar-refractivity contribution in [2.75, 3.05) is 19.7 Å². The van der Waals surface area contributed by atoms with Gasteiger partial charge in [0.05, 0.1) is 6.10 Å². The van der Waals surface area contributed by atoms with Gasteiger partial charge in [-0.15, -0.1) is 11.3 Å². The zero-order valence-electron chi connectivity index (χ0n) is 11.2. The van der Waals surface area contributed by atoms with E-state index in [2.05, 4.69) is 41.2 Å². The molecular weight excluding hydrogens is 310 g/mol. The van der Waals surface area contributed by atoms with Crippen LogP contribution >= 0.6 is 27.3 Å². The van der Waals surface area contributed by atoms with Gasteiger partial charge >= 0.3 is 0 Å². The van der Waals surface area contributed by atoms with Crippen LogP contribution in [0.3, 0.4) is 0 Å². The van der Waals surface area contributed by atoms with E-state index in [9.17, 15) is 0 Å². The maximum absolute atomic E-state index is 6.03. The molecule has 1 aromatic rings. The summed E-state index contributed by atoms with van der Waals surface area (Å²) in [6.45, 7) is 7.46.